The average molecular weight is 397 g/mol. The summed E-state index contributed by atoms with van der Waals surface area (Å²) in [5, 5.41) is 12.3. The number of ether oxygens (including phenoxy) is 2. The van der Waals surface area contributed by atoms with E-state index in [-0.39, 0.29) is 18.6 Å². The maximum atomic E-state index is 12.7. The fraction of sp³-hybridized carbons (Fsp3) is 0.474. The molecule has 2 aliphatic heterocycles. The normalized spacial score (nSPS) is 21.0. The molecule has 29 heavy (non-hydrogen) atoms. The monoisotopic (exact) mass is 397 g/mol. The number of morpholine rings is 1. The molecule has 2 aliphatic rings. The number of nitrogens with zero attached hydrogens (tertiary/aromatic N) is 6. The van der Waals surface area contributed by atoms with E-state index in [0.29, 0.717) is 32.0 Å². The molecule has 2 fully saturated rings. The van der Waals surface area contributed by atoms with Gasteiger partial charge in [-0.25, -0.2) is 4.98 Å². The molecule has 5 heterocycles. The number of rotatable bonds is 3. The topological polar surface area (TPSA) is 101 Å². The van der Waals surface area contributed by atoms with Crippen molar-refractivity contribution >= 4 is 28.4 Å². The van der Waals surface area contributed by atoms with Crippen molar-refractivity contribution < 1.29 is 14.3 Å². The van der Waals surface area contributed by atoms with Crippen LogP contribution in [0.15, 0.2) is 24.5 Å². The molecule has 1 N–H and O–H groups in total. The summed E-state index contributed by atoms with van der Waals surface area (Å²) in [6.07, 6.45) is 4.21. The molecule has 0 spiro atoms. The van der Waals surface area contributed by atoms with Gasteiger partial charge >= 0.3 is 0 Å². The second-order valence-electron chi connectivity index (χ2n) is 7.30. The van der Waals surface area contributed by atoms with Gasteiger partial charge in [0.05, 0.1) is 42.7 Å². The lowest BCUT2D eigenvalue weighted by molar-refractivity contribution is -0.121. The first kappa shape index (κ1) is 18.1. The molecule has 0 radical (unpaired) electrons. The highest BCUT2D eigenvalue weighted by molar-refractivity contribution is 6.03. The third-order valence-electron chi connectivity index (χ3n) is 5.37. The van der Waals surface area contributed by atoms with Crippen molar-refractivity contribution in [1.29, 1.82) is 0 Å². The summed E-state index contributed by atoms with van der Waals surface area (Å²) >= 11 is 0. The Labute approximate surface area is 167 Å². The van der Waals surface area contributed by atoms with E-state index in [1.54, 1.807) is 22.0 Å². The lowest BCUT2D eigenvalue weighted by atomic mass is 10.2. The first-order valence-corrected chi connectivity index (χ1v) is 9.83. The van der Waals surface area contributed by atoms with Gasteiger partial charge in [0.15, 0.2) is 11.5 Å². The molecule has 3 aromatic rings. The fourth-order valence-corrected chi connectivity index (χ4v) is 3.89. The first-order valence-electron chi connectivity index (χ1n) is 9.83. The minimum atomic E-state index is -0.0507. The van der Waals surface area contributed by atoms with Gasteiger partial charge in [0.25, 0.3) is 5.91 Å². The van der Waals surface area contributed by atoms with Crippen LogP contribution in [0.3, 0.4) is 0 Å². The van der Waals surface area contributed by atoms with Gasteiger partial charge in [0.2, 0.25) is 0 Å². The molecule has 1 unspecified atom stereocenters. The van der Waals surface area contributed by atoms with E-state index in [4.69, 9.17) is 14.5 Å². The summed E-state index contributed by atoms with van der Waals surface area (Å²) in [4.78, 5) is 21.7. The van der Waals surface area contributed by atoms with Crippen molar-refractivity contribution in [3.63, 3.8) is 0 Å². The molecular formula is C19H23N7O3. The molecule has 0 saturated carbocycles. The molecule has 0 aliphatic carbocycles. The Kier molecular flexibility index (Phi) is 4.64. The van der Waals surface area contributed by atoms with Crippen LogP contribution in [-0.4, -0.2) is 76.4 Å². The van der Waals surface area contributed by atoms with Gasteiger partial charge in [0.1, 0.15) is 12.4 Å². The summed E-state index contributed by atoms with van der Waals surface area (Å²) in [5.74, 6) is 1.48. The van der Waals surface area contributed by atoms with Gasteiger partial charge in [-0.15, -0.1) is 0 Å². The SMILES string of the molecule is CC1COCCN1c1cc(N2CCCOCC2=O)c2cnn(-c3ccn[nH]3)c2n1. The molecule has 1 amide bonds. The fourth-order valence-electron chi connectivity index (χ4n) is 3.89. The Morgan fingerprint density at radius 3 is 3.00 bits per heavy atom. The van der Waals surface area contributed by atoms with Crippen molar-refractivity contribution in [3.05, 3.63) is 24.5 Å². The number of carbonyl (C=O) groups excluding carboxylic acids is 1. The number of hydrogen-bond acceptors (Lipinski definition) is 7. The van der Waals surface area contributed by atoms with Crippen LogP contribution in [-0.2, 0) is 14.3 Å². The summed E-state index contributed by atoms with van der Waals surface area (Å²) in [6.45, 7) is 5.42. The summed E-state index contributed by atoms with van der Waals surface area (Å²) < 4.78 is 12.7. The van der Waals surface area contributed by atoms with Crippen LogP contribution in [0.1, 0.15) is 13.3 Å². The van der Waals surface area contributed by atoms with Crippen LogP contribution < -0.4 is 9.80 Å². The molecule has 5 rings (SSSR count). The Balaban J connectivity index is 1.69. The molecule has 1 atom stereocenters. The molecule has 10 nitrogen and oxygen atoms in total. The van der Waals surface area contributed by atoms with Crippen molar-refractivity contribution in [2.75, 3.05) is 49.3 Å². The van der Waals surface area contributed by atoms with E-state index in [0.717, 1.165) is 35.7 Å². The molecule has 0 bridgehead atoms. The van der Waals surface area contributed by atoms with Crippen LogP contribution in [0.2, 0.25) is 0 Å². The Morgan fingerprint density at radius 2 is 2.17 bits per heavy atom. The number of anilines is 2. The molecule has 3 aromatic heterocycles. The third-order valence-corrected chi connectivity index (χ3v) is 5.37. The van der Waals surface area contributed by atoms with Crippen LogP contribution >= 0.6 is 0 Å². The highest BCUT2D eigenvalue weighted by atomic mass is 16.5. The van der Waals surface area contributed by atoms with Crippen LogP contribution in [0, 0.1) is 0 Å². The number of pyridine rings is 1. The highest BCUT2D eigenvalue weighted by Crippen LogP contribution is 2.33. The standard InChI is InChI=1S/C19H23N7O3/c1-13-11-29-8-6-24(13)17-9-15(25-5-2-7-28-12-18(25)27)14-10-21-26(19(14)22-17)16-3-4-20-23-16/h3-4,9-10,13H,2,5-8,11-12H2,1H3,(H,20,23). The summed E-state index contributed by atoms with van der Waals surface area (Å²) in [5.41, 5.74) is 1.49. The number of H-pyrrole nitrogens is 1. The highest BCUT2D eigenvalue weighted by Gasteiger charge is 2.27. The van der Waals surface area contributed by atoms with E-state index in [2.05, 4.69) is 27.1 Å². The minimum Gasteiger partial charge on any atom is -0.377 e. The Bertz CT molecular complexity index is 1020. The quantitative estimate of drug-likeness (QED) is 0.707. The van der Waals surface area contributed by atoms with Crippen LogP contribution in [0.25, 0.3) is 16.9 Å². The smallest absolute Gasteiger partial charge is 0.252 e. The van der Waals surface area contributed by atoms with E-state index in [1.165, 1.54) is 0 Å². The number of amides is 1. The van der Waals surface area contributed by atoms with Crippen molar-refractivity contribution in [3.8, 4) is 5.82 Å². The van der Waals surface area contributed by atoms with Gasteiger partial charge in [0, 0.05) is 31.8 Å². The number of aromatic amines is 1. The number of aromatic nitrogens is 5. The molecular weight excluding hydrogens is 374 g/mol. The predicted molar refractivity (Wildman–Crippen MR) is 106 cm³/mol. The number of fused-ring (bicyclic) bond motifs is 1. The predicted octanol–water partition coefficient (Wildman–Crippen LogP) is 1.12. The lowest BCUT2D eigenvalue weighted by Crippen LogP contribution is -2.44. The third kappa shape index (κ3) is 3.23. The molecule has 152 valence electrons. The summed E-state index contributed by atoms with van der Waals surface area (Å²) in [7, 11) is 0. The maximum absolute atomic E-state index is 12.7. The summed E-state index contributed by atoms with van der Waals surface area (Å²) in [6, 6.07) is 4.02. The first-order chi connectivity index (χ1) is 14.2. The van der Waals surface area contributed by atoms with Crippen LogP contribution in [0.5, 0.6) is 0 Å². The second kappa shape index (κ2) is 7.45. The lowest BCUT2D eigenvalue weighted by Gasteiger charge is -2.35. The number of hydrogen-bond donors (Lipinski definition) is 1. The zero-order valence-electron chi connectivity index (χ0n) is 16.2. The maximum Gasteiger partial charge on any atom is 0.252 e. The molecule has 0 aromatic carbocycles. The Morgan fingerprint density at radius 1 is 1.24 bits per heavy atom. The number of nitrogens with one attached hydrogen (secondary N) is 1. The second-order valence-corrected chi connectivity index (χ2v) is 7.30. The van der Waals surface area contributed by atoms with E-state index in [1.807, 2.05) is 12.1 Å². The number of carbonyl (C=O) groups is 1. The molecule has 10 heteroatoms. The van der Waals surface area contributed by atoms with Gasteiger partial charge < -0.3 is 19.3 Å². The minimum absolute atomic E-state index is 0.0507. The van der Waals surface area contributed by atoms with Crippen molar-refractivity contribution in [2.24, 2.45) is 0 Å². The van der Waals surface area contributed by atoms with E-state index >= 15 is 0 Å². The van der Waals surface area contributed by atoms with Crippen molar-refractivity contribution in [2.45, 2.75) is 19.4 Å². The zero-order chi connectivity index (χ0) is 19.8. The average Bonchev–Trinajstić information content (AvgIpc) is 3.35. The van der Waals surface area contributed by atoms with Crippen molar-refractivity contribution in [1.82, 2.24) is 25.0 Å². The molecule has 2 saturated heterocycles. The van der Waals surface area contributed by atoms with Gasteiger partial charge in [-0.2, -0.15) is 14.9 Å². The Hall–Kier alpha value is -2.98. The van der Waals surface area contributed by atoms with Gasteiger partial charge in [-0.1, -0.05) is 0 Å². The van der Waals surface area contributed by atoms with Gasteiger partial charge in [-0.3, -0.25) is 9.89 Å². The van der Waals surface area contributed by atoms with Crippen LogP contribution in [0.4, 0.5) is 11.5 Å². The van der Waals surface area contributed by atoms with E-state index in [9.17, 15) is 4.79 Å². The van der Waals surface area contributed by atoms with E-state index < -0.39 is 0 Å². The zero-order valence-corrected chi connectivity index (χ0v) is 16.2. The van der Waals surface area contributed by atoms with Gasteiger partial charge in [-0.05, 0) is 13.3 Å². The largest absolute Gasteiger partial charge is 0.377 e.